The SMILES string of the molecule is CCn1c(=O)c(OCc2cc(C)cc(C)c2)c(O)c2ccccc21. The Kier molecular flexibility index (Phi) is 4.30. The Hall–Kier alpha value is -2.75. The first kappa shape index (κ1) is 16.1. The van der Waals surface area contributed by atoms with Gasteiger partial charge in [0.2, 0.25) is 5.75 Å². The second-order valence-electron chi connectivity index (χ2n) is 6.03. The Balaban J connectivity index is 2.04. The molecule has 1 aromatic heterocycles. The maximum absolute atomic E-state index is 12.7. The number of fused-ring (bicyclic) bond motifs is 1. The lowest BCUT2D eigenvalue weighted by Crippen LogP contribution is -2.22. The van der Waals surface area contributed by atoms with Gasteiger partial charge in [-0.25, -0.2) is 0 Å². The number of hydrogen-bond donors (Lipinski definition) is 1. The zero-order chi connectivity index (χ0) is 17.3. The van der Waals surface area contributed by atoms with Crippen molar-refractivity contribution in [2.75, 3.05) is 0 Å². The molecule has 0 unspecified atom stereocenters. The largest absolute Gasteiger partial charge is 0.504 e. The summed E-state index contributed by atoms with van der Waals surface area (Å²) in [6.45, 7) is 6.70. The summed E-state index contributed by atoms with van der Waals surface area (Å²) < 4.78 is 7.35. The lowest BCUT2D eigenvalue weighted by atomic mass is 10.1. The molecule has 0 saturated heterocycles. The molecule has 2 aromatic carbocycles. The van der Waals surface area contributed by atoms with Crippen molar-refractivity contribution in [3.63, 3.8) is 0 Å². The van der Waals surface area contributed by atoms with Gasteiger partial charge in [0.1, 0.15) is 6.61 Å². The van der Waals surface area contributed by atoms with E-state index in [-0.39, 0.29) is 23.7 Å². The molecule has 124 valence electrons. The van der Waals surface area contributed by atoms with Crippen molar-refractivity contribution < 1.29 is 9.84 Å². The topological polar surface area (TPSA) is 51.5 Å². The molecule has 0 aliphatic carbocycles. The van der Waals surface area contributed by atoms with Crippen LogP contribution in [0.25, 0.3) is 10.9 Å². The van der Waals surface area contributed by atoms with Gasteiger partial charge in [-0.15, -0.1) is 0 Å². The van der Waals surface area contributed by atoms with Gasteiger partial charge in [0.05, 0.1) is 5.52 Å². The molecule has 0 aliphatic heterocycles. The van der Waals surface area contributed by atoms with Crippen LogP contribution in [0.4, 0.5) is 0 Å². The fraction of sp³-hybridized carbons (Fsp3) is 0.250. The van der Waals surface area contributed by atoms with Crippen molar-refractivity contribution in [2.45, 2.75) is 33.9 Å². The number of benzene rings is 2. The lowest BCUT2D eigenvalue weighted by Gasteiger charge is -2.14. The highest BCUT2D eigenvalue weighted by Crippen LogP contribution is 2.31. The highest BCUT2D eigenvalue weighted by Gasteiger charge is 2.16. The number of hydrogen-bond acceptors (Lipinski definition) is 3. The van der Waals surface area contributed by atoms with E-state index in [4.69, 9.17) is 4.74 Å². The number of rotatable bonds is 4. The molecule has 4 heteroatoms. The van der Waals surface area contributed by atoms with Crippen LogP contribution in [-0.4, -0.2) is 9.67 Å². The van der Waals surface area contributed by atoms with E-state index in [9.17, 15) is 9.90 Å². The molecule has 0 fully saturated rings. The van der Waals surface area contributed by atoms with Crippen molar-refractivity contribution in [1.82, 2.24) is 4.57 Å². The van der Waals surface area contributed by atoms with Crippen LogP contribution in [0.5, 0.6) is 11.5 Å². The Labute approximate surface area is 140 Å². The van der Waals surface area contributed by atoms with Crippen LogP contribution < -0.4 is 10.3 Å². The number of aromatic nitrogens is 1. The van der Waals surface area contributed by atoms with Crippen LogP contribution in [0.15, 0.2) is 47.3 Å². The molecule has 0 saturated carbocycles. The second-order valence-corrected chi connectivity index (χ2v) is 6.03. The van der Waals surface area contributed by atoms with Gasteiger partial charge >= 0.3 is 0 Å². The highest BCUT2D eigenvalue weighted by atomic mass is 16.5. The van der Waals surface area contributed by atoms with Crippen molar-refractivity contribution in [2.24, 2.45) is 0 Å². The molecule has 24 heavy (non-hydrogen) atoms. The summed E-state index contributed by atoms with van der Waals surface area (Å²) in [6.07, 6.45) is 0. The highest BCUT2D eigenvalue weighted by molar-refractivity contribution is 5.87. The second kappa shape index (κ2) is 6.40. The average molecular weight is 323 g/mol. The molecule has 0 spiro atoms. The van der Waals surface area contributed by atoms with Gasteiger partial charge < -0.3 is 14.4 Å². The van der Waals surface area contributed by atoms with Crippen LogP contribution >= 0.6 is 0 Å². The van der Waals surface area contributed by atoms with E-state index in [2.05, 4.69) is 6.07 Å². The van der Waals surface area contributed by atoms with Gasteiger partial charge in [-0.1, -0.05) is 41.5 Å². The van der Waals surface area contributed by atoms with Gasteiger partial charge in [-0.3, -0.25) is 4.79 Å². The third-order valence-corrected chi connectivity index (χ3v) is 4.09. The summed E-state index contributed by atoms with van der Waals surface area (Å²) in [4.78, 5) is 12.7. The first-order valence-corrected chi connectivity index (χ1v) is 8.05. The fourth-order valence-electron chi connectivity index (χ4n) is 3.12. The number of para-hydroxylation sites is 1. The number of pyridine rings is 1. The molecule has 1 heterocycles. The fourth-order valence-corrected chi connectivity index (χ4v) is 3.12. The van der Waals surface area contributed by atoms with Crippen LogP contribution in [-0.2, 0) is 13.2 Å². The molecule has 3 rings (SSSR count). The van der Waals surface area contributed by atoms with Gasteiger partial charge in [-0.05, 0) is 38.5 Å². The molecule has 4 nitrogen and oxygen atoms in total. The molecule has 1 N–H and O–H groups in total. The molecule has 0 atom stereocenters. The summed E-state index contributed by atoms with van der Waals surface area (Å²) in [5.41, 5.74) is 3.66. The van der Waals surface area contributed by atoms with Gasteiger partial charge in [0, 0.05) is 11.9 Å². The van der Waals surface area contributed by atoms with E-state index in [1.165, 1.54) is 0 Å². The Morgan fingerprint density at radius 1 is 1.08 bits per heavy atom. The minimum atomic E-state index is -0.307. The van der Waals surface area contributed by atoms with E-state index in [1.807, 2.05) is 51.1 Å². The van der Waals surface area contributed by atoms with Crippen molar-refractivity contribution >= 4 is 10.9 Å². The Morgan fingerprint density at radius 2 is 1.75 bits per heavy atom. The zero-order valence-electron chi connectivity index (χ0n) is 14.2. The summed E-state index contributed by atoms with van der Waals surface area (Å²) in [5, 5.41) is 11.1. The summed E-state index contributed by atoms with van der Waals surface area (Å²) in [7, 11) is 0. The quantitative estimate of drug-likeness (QED) is 0.791. The zero-order valence-corrected chi connectivity index (χ0v) is 14.2. The Bertz CT molecular complexity index is 937. The minimum absolute atomic E-state index is 0.00899. The van der Waals surface area contributed by atoms with Crippen LogP contribution in [0.2, 0.25) is 0 Å². The first-order chi connectivity index (χ1) is 11.5. The molecular formula is C20H21NO3. The van der Waals surface area contributed by atoms with Crippen LogP contribution in [0.3, 0.4) is 0 Å². The van der Waals surface area contributed by atoms with E-state index >= 15 is 0 Å². The van der Waals surface area contributed by atoms with Gasteiger partial charge in [0.25, 0.3) is 5.56 Å². The van der Waals surface area contributed by atoms with Crippen molar-refractivity contribution in [3.05, 3.63) is 69.5 Å². The summed E-state index contributed by atoms with van der Waals surface area (Å²) in [5.74, 6) is -0.0839. The van der Waals surface area contributed by atoms with E-state index in [0.29, 0.717) is 17.4 Å². The van der Waals surface area contributed by atoms with E-state index in [1.54, 1.807) is 10.6 Å². The predicted molar refractivity (Wildman–Crippen MR) is 95.8 cm³/mol. The van der Waals surface area contributed by atoms with Gasteiger partial charge in [0.15, 0.2) is 5.75 Å². The van der Waals surface area contributed by atoms with Gasteiger partial charge in [-0.2, -0.15) is 0 Å². The third-order valence-electron chi connectivity index (χ3n) is 4.09. The first-order valence-electron chi connectivity index (χ1n) is 8.05. The lowest BCUT2D eigenvalue weighted by molar-refractivity contribution is 0.283. The smallest absolute Gasteiger partial charge is 0.297 e. The maximum Gasteiger partial charge on any atom is 0.297 e. The molecule has 0 radical (unpaired) electrons. The maximum atomic E-state index is 12.7. The molecule has 0 bridgehead atoms. The normalized spacial score (nSPS) is 11.0. The molecule has 0 amide bonds. The minimum Gasteiger partial charge on any atom is -0.504 e. The monoisotopic (exact) mass is 323 g/mol. The summed E-state index contributed by atoms with van der Waals surface area (Å²) >= 11 is 0. The predicted octanol–water partition coefficient (Wildman–Crippen LogP) is 3.92. The number of nitrogens with zero attached hydrogens (tertiary/aromatic N) is 1. The van der Waals surface area contributed by atoms with Crippen molar-refractivity contribution in [3.8, 4) is 11.5 Å². The van der Waals surface area contributed by atoms with Crippen LogP contribution in [0, 0.1) is 13.8 Å². The number of ether oxygens (including phenoxy) is 1. The van der Waals surface area contributed by atoms with E-state index in [0.717, 1.165) is 16.7 Å². The number of aryl methyl sites for hydroxylation is 3. The molecular weight excluding hydrogens is 302 g/mol. The summed E-state index contributed by atoms with van der Waals surface area (Å²) in [6, 6.07) is 13.4. The van der Waals surface area contributed by atoms with E-state index < -0.39 is 0 Å². The third kappa shape index (κ3) is 2.87. The average Bonchev–Trinajstić information content (AvgIpc) is 2.54. The molecule has 3 aromatic rings. The Morgan fingerprint density at radius 3 is 2.42 bits per heavy atom. The number of aromatic hydroxyl groups is 1. The molecule has 0 aliphatic rings. The van der Waals surface area contributed by atoms with Crippen molar-refractivity contribution in [1.29, 1.82) is 0 Å². The standard InChI is InChI=1S/C20H21NO3/c1-4-21-17-8-6-5-7-16(17)18(22)19(20(21)23)24-12-15-10-13(2)9-14(3)11-15/h5-11,22H,4,12H2,1-3H3. The van der Waals surface area contributed by atoms with Crippen LogP contribution in [0.1, 0.15) is 23.6 Å².